The van der Waals surface area contributed by atoms with E-state index in [0.717, 1.165) is 30.4 Å². The van der Waals surface area contributed by atoms with Crippen molar-refractivity contribution in [3.05, 3.63) is 70.8 Å². The van der Waals surface area contributed by atoms with Crippen molar-refractivity contribution in [3.63, 3.8) is 0 Å². The normalized spacial score (nSPS) is 12.9. The summed E-state index contributed by atoms with van der Waals surface area (Å²) in [6.45, 7) is 4.00. The van der Waals surface area contributed by atoms with Crippen LogP contribution in [0.3, 0.4) is 0 Å². The first-order valence-electron chi connectivity index (χ1n) is 7.81. The van der Waals surface area contributed by atoms with Crippen LogP contribution < -0.4 is 0 Å². The van der Waals surface area contributed by atoms with Crippen LogP contribution in [0.1, 0.15) is 48.9 Å². The molecule has 2 aromatic rings. The number of hydrogen-bond acceptors (Lipinski definition) is 2. The first-order valence-corrected chi connectivity index (χ1v) is 7.81. The van der Waals surface area contributed by atoms with Gasteiger partial charge in [-0.05, 0) is 65.8 Å². The minimum absolute atomic E-state index is 0.281. The molecule has 0 spiro atoms. The lowest BCUT2D eigenvalue weighted by Gasteiger charge is -2.11. The number of rotatable bonds is 1. The molecular weight excluding hydrogens is 270 g/mol. The number of phenolic OH excluding ortho intramolecular Hbond substituents is 1. The minimum Gasteiger partial charge on any atom is -0.508 e. The predicted octanol–water partition coefficient (Wildman–Crippen LogP) is 5.06. The number of aromatic hydroxyl groups is 1. The van der Waals surface area contributed by atoms with E-state index in [2.05, 4.69) is 12.1 Å². The molecule has 0 fully saturated rings. The van der Waals surface area contributed by atoms with E-state index in [1.165, 1.54) is 16.7 Å². The van der Waals surface area contributed by atoms with Crippen molar-refractivity contribution in [2.24, 2.45) is 0 Å². The molecule has 0 aliphatic heterocycles. The maximum absolute atomic E-state index is 9.42. The molecule has 1 aliphatic rings. The second-order valence-electron chi connectivity index (χ2n) is 5.04. The Morgan fingerprint density at radius 3 is 2.45 bits per heavy atom. The van der Waals surface area contributed by atoms with Gasteiger partial charge in [-0.1, -0.05) is 38.1 Å². The zero-order valence-electron chi connectivity index (χ0n) is 13.1. The first-order chi connectivity index (χ1) is 10.8. The van der Waals surface area contributed by atoms with Crippen molar-refractivity contribution >= 4 is 5.57 Å². The lowest BCUT2D eigenvalue weighted by atomic mass is 9.92. The average Bonchev–Trinajstić information content (AvgIpc) is 2.79. The van der Waals surface area contributed by atoms with Crippen molar-refractivity contribution in [2.45, 2.75) is 33.1 Å². The molecule has 0 saturated heterocycles. The van der Waals surface area contributed by atoms with Gasteiger partial charge < -0.3 is 5.11 Å². The molecule has 0 saturated carbocycles. The third-order valence-corrected chi connectivity index (χ3v) is 3.70. The number of benzene rings is 2. The largest absolute Gasteiger partial charge is 0.508 e. The molecule has 0 heterocycles. The SMILES string of the molecule is CC.N#Cc1ccc2c(c1)CCCC=C2c1ccc(O)cc1. The number of hydrogen-bond donors (Lipinski definition) is 1. The highest BCUT2D eigenvalue weighted by atomic mass is 16.3. The number of aryl methyl sites for hydroxylation is 1. The van der Waals surface area contributed by atoms with Gasteiger partial charge in [0.1, 0.15) is 5.75 Å². The molecule has 3 rings (SSSR count). The van der Waals surface area contributed by atoms with Crippen LogP contribution in [0.2, 0.25) is 0 Å². The van der Waals surface area contributed by atoms with Crippen molar-refractivity contribution < 1.29 is 5.11 Å². The molecule has 0 amide bonds. The highest BCUT2D eigenvalue weighted by Gasteiger charge is 2.13. The van der Waals surface area contributed by atoms with Crippen LogP contribution in [0.4, 0.5) is 0 Å². The summed E-state index contributed by atoms with van der Waals surface area (Å²) < 4.78 is 0. The summed E-state index contributed by atoms with van der Waals surface area (Å²) in [7, 11) is 0. The van der Waals surface area contributed by atoms with Crippen molar-refractivity contribution in [1.82, 2.24) is 0 Å². The van der Waals surface area contributed by atoms with Crippen molar-refractivity contribution in [1.29, 1.82) is 5.26 Å². The van der Waals surface area contributed by atoms with Crippen molar-refractivity contribution in [2.75, 3.05) is 0 Å². The number of phenols is 1. The molecule has 2 nitrogen and oxygen atoms in total. The topological polar surface area (TPSA) is 44.0 Å². The maximum atomic E-state index is 9.42. The fraction of sp³-hybridized carbons (Fsp3) is 0.250. The smallest absolute Gasteiger partial charge is 0.115 e. The number of nitrogens with zero attached hydrogens (tertiary/aromatic N) is 1. The monoisotopic (exact) mass is 291 g/mol. The Balaban J connectivity index is 0.000000847. The van der Waals surface area contributed by atoms with E-state index in [1.807, 2.05) is 44.2 Å². The van der Waals surface area contributed by atoms with Gasteiger partial charge in [0.15, 0.2) is 0 Å². The van der Waals surface area contributed by atoms with Gasteiger partial charge in [0.2, 0.25) is 0 Å². The Morgan fingerprint density at radius 1 is 1.05 bits per heavy atom. The number of nitriles is 1. The quantitative estimate of drug-likeness (QED) is 0.798. The summed E-state index contributed by atoms with van der Waals surface area (Å²) in [5.41, 5.74) is 5.46. The summed E-state index contributed by atoms with van der Waals surface area (Å²) in [6.07, 6.45) is 5.39. The second-order valence-corrected chi connectivity index (χ2v) is 5.04. The molecular formula is C20H21NO. The summed E-state index contributed by atoms with van der Waals surface area (Å²) in [4.78, 5) is 0. The molecule has 0 radical (unpaired) electrons. The van der Waals surface area contributed by atoms with Crippen LogP contribution in [-0.4, -0.2) is 5.11 Å². The molecule has 22 heavy (non-hydrogen) atoms. The molecule has 0 bridgehead atoms. The van der Waals surface area contributed by atoms with Crippen LogP contribution in [-0.2, 0) is 6.42 Å². The van der Waals surface area contributed by atoms with Gasteiger partial charge in [-0.15, -0.1) is 0 Å². The van der Waals surface area contributed by atoms with E-state index in [-0.39, 0.29) is 5.75 Å². The standard InChI is InChI=1S/C18H15NO.C2H6/c19-12-13-5-10-18-15(11-13)3-1-2-4-17(18)14-6-8-16(20)9-7-14;1-2/h4-11,20H,1-3H2;1-2H3. The fourth-order valence-corrected chi connectivity index (χ4v) is 2.70. The van der Waals surface area contributed by atoms with Gasteiger partial charge in [-0.2, -0.15) is 5.26 Å². The number of allylic oxidation sites excluding steroid dienone is 1. The maximum Gasteiger partial charge on any atom is 0.115 e. The zero-order valence-corrected chi connectivity index (χ0v) is 13.1. The Labute approximate surface area is 132 Å². The molecule has 112 valence electrons. The Kier molecular flexibility index (Phi) is 5.38. The van der Waals surface area contributed by atoms with Crippen LogP contribution in [0.15, 0.2) is 48.5 Å². The summed E-state index contributed by atoms with van der Waals surface area (Å²) in [5.74, 6) is 0.281. The second kappa shape index (κ2) is 7.47. The van der Waals surface area contributed by atoms with Crippen molar-refractivity contribution in [3.8, 4) is 11.8 Å². The molecule has 0 unspecified atom stereocenters. The minimum atomic E-state index is 0.281. The van der Waals surface area contributed by atoms with Crippen LogP contribution in [0.25, 0.3) is 5.57 Å². The van der Waals surface area contributed by atoms with Gasteiger partial charge in [0.25, 0.3) is 0 Å². The van der Waals surface area contributed by atoms with Gasteiger partial charge in [-0.25, -0.2) is 0 Å². The van der Waals surface area contributed by atoms with Crippen LogP contribution >= 0.6 is 0 Å². The van der Waals surface area contributed by atoms with E-state index in [9.17, 15) is 5.11 Å². The molecule has 2 aromatic carbocycles. The molecule has 1 aliphatic carbocycles. The van der Waals surface area contributed by atoms with E-state index >= 15 is 0 Å². The third-order valence-electron chi connectivity index (χ3n) is 3.70. The molecule has 0 atom stereocenters. The molecule has 2 heteroatoms. The average molecular weight is 291 g/mol. The summed E-state index contributed by atoms with van der Waals surface area (Å²) in [5, 5.41) is 18.4. The third kappa shape index (κ3) is 3.38. The first kappa shape index (κ1) is 15.9. The lowest BCUT2D eigenvalue weighted by molar-refractivity contribution is 0.475. The van der Waals surface area contributed by atoms with E-state index in [1.54, 1.807) is 12.1 Å². The zero-order chi connectivity index (χ0) is 15.9. The van der Waals surface area contributed by atoms with Gasteiger partial charge in [0.05, 0.1) is 11.6 Å². The van der Waals surface area contributed by atoms with E-state index in [0.29, 0.717) is 0 Å². The van der Waals surface area contributed by atoms with E-state index < -0.39 is 0 Å². The van der Waals surface area contributed by atoms with Gasteiger partial charge in [-0.3, -0.25) is 0 Å². The predicted molar refractivity (Wildman–Crippen MR) is 90.6 cm³/mol. The molecule has 1 N–H and O–H groups in total. The Hall–Kier alpha value is -2.53. The number of fused-ring (bicyclic) bond motifs is 1. The lowest BCUT2D eigenvalue weighted by Crippen LogP contribution is -1.94. The fourth-order valence-electron chi connectivity index (χ4n) is 2.70. The molecule has 0 aromatic heterocycles. The Bertz CT molecular complexity index is 705. The highest BCUT2D eigenvalue weighted by molar-refractivity contribution is 5.82. The summed E-state index contributed by atoms with van der Waals surface area (Å²) in [6, 6.07) is 15.4. The van der Waals surface area contributed by atoms with Crippen LogP contribution in [0, 0.1) is 11.3 Å². The van der Waals surface area contributed by atoms with Gasteiger partial charge in [0, 0.05) is 0 Å². The van der Waals surface area contributed by atoms with E-state index in [4.69, 9.17) is 5.26 Å². The highest BCUT2D eigenvalue weighted by Crippen LogP contribution is 2.32. The summed E-state index contributed by atoms with van der Waals surface area (Å²) >= 11 is 0. The van der Waals surface area contributed by atoms with Crippen LogP contribution in [0.5, 0.6) is 5.75 Å². The van der Waals surface area contributed by atoms with Gasteiger partial charge >= 0.3 is 0 Å². The Morgan fingerprint density at radius 2 is 1.77 bits per heavy atom.